The average Bonchev–Trinajstić information content (AvgIpc) is 2.36. The molecule has 0 rings (SSSR count). The number of allylic oxidation sites excluding steroid dienone is 1. The van der Waals surface area contributed by atoms with Crippen LogP contribution in [0.15, 0.2) is 12.2 Å². The quantitative estimate of drug-likeness (QED) is 0.457. The van der Waals surface area contributed by atoms with Gasteiger partial charge >= 0.3 is 0 Å². The van der Waals surface area contributed by atoms with Crippen LogP contribution in [0.1, 0.15) is 81.1 Å². The average molecular weight is 296 g/mol. The molecular formula is C20H41N. The summed E-state index contributed by atoms with van der Waals surface area (Å²) in [6.45, 7) is 22.8. The van der Waals surface area contributed by atoms with Crippen LogP contribution in [0, 0.1) is 23.7 Å². The Morgan fingerprint density at radius 2 is 1.57 bits per heavy atom. The minimum Gasteiger partial charge on any atom is -0.311 e. The first-order chi connectivity index (χ1) is 9.68. The zero-order chi connectivity index (χ0) is 16.6. The monoisotopic (exact) mass is 295 g/mol. The maximum atomic E-state index is 4.34. The molecular weight excluding hydrogens is 254 g/mol. The zero-order valence-electron chi connectivity index (χ0n) is 16.0. The minimum atomic E-state index is 0.570. The fourth-order valence-electron chi connectivity index (χ4n) is 3.09. The summed E-state index contributed by atoms with van der Waals surface area (Å²) < 4.78 is 0. The molecule has 0 spiro atoms. The topological polar surface area (TPSA) is 12.0 Å². The lowest BCUT2D eigenvalue weighted by molar-refractivity contribution is 0.267. The first-order valence-electron chi connectivity index (χ1n) is 9.12. The Morgan fingerprint density at radius 1 is 1.00 bits per heavy atom. The van der Waals surface area contributed by atoms with Gasteiger partial charge in [0.1, 0.15) is 0 Å². The summed E-state index contributed by atoms with van der Waals surface area (Å²) in [5.41, 5.74) is 1.44. The molecule has 1 nitrogen and oxygen atoms in total. The van der Waals surface area contributed by atoms with Crippen molar-refractivity contribution < 1.29 is 0 Å². The third-order valence-corrected chi connectivity index (χ3v) is 4.85. The molecule has 0 aliphatic rings. The van der Waals surface area contributed by atoms with Gasteiger partial charge in [0, 0.05) is 12.1 Å². The van der Waals surface area contributed by atoms with Crippen LogP contribution in [0.4, 0.5) is 0 Å². The predicted octanol–water partition coefficient (Wildman–Crippen LogP) is 6.05. The molecule has 3 atom stereocenters. The lowest BCUT2D eigenvalue weighted by Gasteiger charge is -2.31. The number of nitrogens with one attached hydrogen (secondary N) is 1. The van der Waals surface area contributed by atoms with Gasteiger partial charge in [-0.15, -0.1) is 0 Å². The molecule has 0 heterocycles. The van der Waals surface area contributed by atoms with Crippen molar-refractivity contribution >= 4 is 0 Å². The lowest BCUT2D eigenvalue weighted by atomic mass is 9.82. The molecule has 1 N–H and O–H groups in total. The molecule has 1 heteroatoms. The lowest BCUT2D eigenvalue weighted by Crippen LogP contribution is -2.41. The summed E-state index contributed by atoms with van der Waals surface area (Å²) in [5, 5.41) is 3.81. The van der Waals surface area contributed by atoms with Gasteiger partial charge in [0.05, 0.1) is 0 Å². The van der Waals surface area contributed by atoms with Gasteiger partial charge in [-0.3, -0.25) is 0 Å². The minimum absolute atomic E-state index is 0.570. The van der Waals surface area contributed by atoms with Gasteiger partial charge in [-0.2, -0.15) is 0 Å². The van der Waals surface area contributed by atoms with Crippen molar-refractivity contribution in [2.24, 2.45) is 23.7 Å². The highest BCUT2D eigenvalue weighted by molar-refractivity contribution is 5.00. The summed E-state index contributed by atoms with van der Waals surface area (Å²) in [4.78, 5) is 0. The van der Waals surface area contributed by atoms with Crippen LogP contribution < -0.4 is 5.32 Å². The molecule has 0 saturated heterocycles. The van der Waals surface area contributed by atoms with Crippen LogP contribution in [0.2, 0.25) is 0 Å². The van der Waals surface area contributed by atoms with Crippen LogP contribution in [0.3, 0.4) is 0 Å². The second-order valence-corrected chi connectivity index (χ2v) is 7.96. The van der Waals surface area contributed by atoms with Crippen molar-refractivity contribution in [1.29, 1.82) is 0 Å². The van der Waals surface area contributed by atoms with Crippen molar-refractivity contribution in [3.8, 4) is 0 Å². The van der Waals surface area contributed by atoms with Crippen LogP contribution in [0.25, 0.3) is 0 Å². The van der Waals surface area contributed by atoms with Gasteiger partial charge < -0.3 is 5.32 Å². The van der Waals surface area contributed by atoms with Gasteiger partial charge in [-0.1, -0.05) is 74.0 Å². The first-order valence-corrected chi connectivity index (χ1v) is 9.12. The standard InChI is InChI=1S/C20H41N/c1-10-19(12-11-17(8)18(9)15(4)5)20(13-14(2)3)21-16(6)7/h14-16,18-21H,8,10-13H2,1-7,9H3. The molecule has 3 unspecified atom stereocenters. The Balaban J connectivity index is 4.59. The highest BCUT2D eigenvalue weighted by atomic mass is 14.9. The van der Waals surface area contributed by atoms with Crippen LogP contribution >= 0.6 is 0 Å². The van der Waals surface area contributed by atoms with E-state index < -0.39 is 0 Å². The Bertz CT molecular complexity index is 268. The van der Waals surface area contributed by atoms with E-state index in [1.807, 2.05) is 0 Å². The second kappa shape index (κ2) is 10.4. The highest BCUT2D eigenvalue weighted by Gasteiger charge is 2.22. The molecule has 0 saturated carbocycles. The van der Waals surface area contributed by atoms with E-state index in [4.69, 9.17) is 0 Å². The summed E-state index contributed by atoms with van der Waals surface area (Å²) in [6.07, 6.45) is 5.01. The molecule has 21 heavy (non-hydrogen) atoms. The Hall–Kier alpha value is -0.300. The highest BCUT2D eigenvalue weighted by Crippen LogP contribution is 2.28. The van der Waals surface area contributed by atoms with Crippen molar-refractivity contribution in [1.82, 2.24) is 5.32 Å². The van der Waals surface area contributed by atoms with E-state index in [2.05, 4.69) is 67.3 Å². The summed E-state index contributed by atoms with van der Waals surface area (Å²) in [6, 6.07) is 1.22. The van der Waals surface area contributed by atoms with Gasteiger partial charge in [0.25, 0.3) is 0 Å². The summed E-state index contributed by atoms with van der Waals surface area (Å²) in [5.74, 6) is 2.88. The smallest absolute Gasteiger partial charge is 0.0100 e. The van der Waals surface area contributed by atoms with Crippen LogP contribution in [0.5, 0.6) is 0 Å². The predicted molar refractivity (Wildman–Crippen MR) is 97.7 cm³/mol. The Labute approximate surface area is 135 Å². The van der Waals surface area contributed by atoms with Crippen molar-refractivity contribution in [2.45, 2.75) is 93.2 Å². The molecule has 0 aromatic carbocycles. The van der Waals surface area contributed by atoms with E-state index in [9.17, 15) is 0 Å². The van der Waals surface area contributed by atoms with E-state index in [0.717, 1.165) is 11.8 Å². The van der Waals surface area contributed by atoms with Crippen molar-refractivity contribution in [2.75, 3.05) is 0 Å². The molecule has 0 fully saturated rings. The Morgan fingerprint density at radius 3 is 1.95 bits per heavy atom. The number of rotatable bonds is 11. The van der Waals surface area contributed by atoms with Gasteiger partial charge in [0.15, 0.2) is 0 Å². The normalized spacial score (nSPS) is 16.5. The molecule has 126 valence electrons. The maximum Gasteiger partial charge on any atom is 0.0100 e. The zero-order valence-corrected chi connectivity index (χ0v) is 16.0. The fraction of sp³-hybridized carbons (Fsp3) is 0.900. The third kappa shape index (κ3) is 8.66. The third-order valence-electron chi connectivity index (χ3n) is 4.85. The van der Waals surface area contributed by atoms with Gasteiger partial charge in [0.2, 0.25) is 0 Å². The van der Waals surface area contributed by atoms with E-state index >= 15 is 0 Å². The summed E-state index contributed by atoms with van der Waals surface area (Å²) in [7, 11) is 0. The number of hydrogen-bond acceptors (Lipinski definition) is 1. The van der Waals surface area contributed by atoms with E-state index in [0.29, 0.717) is 23.9 Å². The van der Waals surface area contributed by atoms with Crippen molar-refractivity contribution in [3.63, 3.8) is 0 Å². The van der Waals surface area contributed by atoms with Gasteiger partial charge in [-0.25, -0.2) is 0 Å². The molecule has 0 amide bonds. The first kappa shape index (κ1) is 20.7. The maximum absolute atomic E-state index is 4.34. The van der Waals surface area contributed by atoms with Gasteiger partial charge in [-0.05, 0) is 42.9 Å². The SMILES string of the molecule is C=C(CCC(CC)C(CC(C)C)NC(C)C)C(C)C(C)C. The molecule has 0 radical (unpaired) electrons. The summed E-state index contributed by atoms with van der Waals surface area (Å²) >= 11 is 0. The van der Waals surface area contributed by atoms with E-state index in [1.54, 1.807) is 0 Å². The Kier molecular flexibility index (Phi) is 10.3. The molecule has 0 aliphatic heterocycles. The molecule has 0 bridgehead atoms. The molecule has 0 aromatic heterocycles. The largest absolute Gasteiger partial charge is 0.311 e. The van der Waals surface area contributed by atoms with E-state index in [1.165, 1.54) is 31.3 Å². The van der Waals surface area contributed by atoms with Crippen molar-refractivity contribution in [3.05, 3.63) is 12.2 Å². The van der Waals surface area contributed by atoms with Crippen LogP contribution in [-0.4, -0.2) is 12.1 Å². The van der Waals surface area contributed by atoms with Crippen LogP contribution in [-0.2, 0) is 0 Å². The number of hydrogen-bond donors (Lipinski definition) is 1. The fourth-order valence-corrected chi connectivity index (χ4v) is 3.09. The molecule has 0 aliphatic carbocycles. The van der Waals surface area contributed by atoms with E-state index in [-0.39, 0.29) is 0 Å². The molecule has 0 aromatic rings. The second-order valence-electron chi connectivity index (χ2n) is 7.96.